The lowest BCUT2D eigenvalue weighted by atomic mass is 10.2. The summed E-state index contributed by atoms with van der Waals surface area (Å²) in [6.45, 7) is 4.59. The Balaban J connectivity index is 2.42. The Labute approximate surface area is 119 Å². The first-order valence-electron chi connectivity index (χ1n) is 6.81. The van der Waals surface area contributed by atoms with Gasteiger partial charge in [0, 0.05) is 24.0 Å². The van der Waals surface area contributed by atoms with Crippen LogP contribution in [0.1, 0.15) is 43.0 Å². The molecule has 6 heteroatoms. The topological polar surface area (TPSA) is 63.4 Å². The van der Waals surface area contributed by atoms with Gasteiger partial charge in [-0.1, -0.05) is 19.8 Å². The number of hydrogen-bond acceptors (Lipinski definition) is 4. The molecule has 0 aliphatic heterocycles. The van der Waals surface area contributed by atoms with Crippen LogP contribution in [0.4, 0.5) is 0 Å². The molecule has 1 aliphatic rings. The molecule has 0 saturated heterocycles. The van der Waals surface area contributed by atoms with Crippen LogP contribution in [-0.4, -0.2) is 25.3 Å². The van der Waals surface area contributed by atoms with E-state index in [4.69, 9.17) is 5.73 Å². The fourth-order valence-corrected chi connectivity index (χ4v) is 6.26. The fraction of sp³-hybridized carbons (Fsp3) is 0.692. The van der Waals surface area contributed by atoms with Gasteiger partial charge in [0.2, 0.25) is 10.0 Å². The lowest BCUT2D eigenvalue weighted by molar-refractivity contribution is 0.335. The normalized spacial score (nSPS) is 17.5. The number of sulfonamides is 1. The molecule has 1 aliphatic carbocycles. The van der Waals surface area contributed by atoms with Crippen LogP contribution in [0.15, 0.2) is 10.3 Å². The molecule has 0 aromatic carbocycles. The van der Waals surface area contributed by atoms with Gasteiger partial charge in [-0.3, -0.25) is 0 Å². The van der Waals surface area contributed by atoms with Crippen molar-refractivity contribution < 1.29 is 8.42 Å². The summed E-state index contributed by atoms with van der Waals surface area (Å²) in [7, 11) is -3.40. The Bertz CT molecular complexity index is 531. The monoisotopic (exact) mass is 302 g/mol. The summed E-state index contributed by atoms with van der Waals surface area (Å²) in [4.78, 5) is 1.22. The van der Waals surface area contributed by atoms with Crippen LogP contribution >= 0.6 is 11.3 Å². The molecule has 0 radical (unpaired) electrons. The lowest BCUT2D eigenvalue weighted by Crippen LogP contribution is -2.39. The van der Waals surface area contributed by atoms with E-state index in [0.717, 1.165) is 36.1 Å². The van der Waals surface area contributed by atoms with Crippen LogP contribution in [0.25, 0.3) is 0 Å². The average molecular weight is 302 g/mol. The molecule has 0 amide bonds. The molecule has 1 saturated carbocycles. The highest BCUT2D eigenvalue weighted by atomic mass is 32.2. The lowest BCUT2D eigenvalue weighted by Gasteiger charge is -2.27. The third kappa shape index (κ3) is 2.72. The maximum absolute atomic E-state index is 12.9. The van der Waals surface area contributed by atoms with Crippen molar-refractivity contribution in [3.05, 3.63) is 15.8 Å². The number of nitrogens with two attached hydrogens (primary N) is 1. The minimum atomic E-state index is -3.40. The zero-order chi connectivity index (χ0) is 14.0. The van der Waals surface area contributed by atoms with Crippen LogP contribution in [0, 0.1) is 6.92 Å². The summed E-state index contributed by atoms with van der Waals surface area (Å²) in [5, 5.41) is 1.89. The van der Waals surface area contributed by atoms with Crippen molar-refractivity contribution in [3.63, 3.8) is 0 Å². The third-order valence-electron chi connectivity index (χ3n) is 3.79. The molecule has 4 nitrogen and oxygen atoms in total. The van der Waals surface area contributed by atoms with E-state index in [1.807, 2.05) is 19.2 Å². The summed E-state index contributed by atoms with van der Waals surface area (Å²) < 4.78 is 27.5. The second kappa shape index (κ2) is 5.91. The molecule has 2 N–H and O–H groups in total. The molecule has 0 unspecified atom stereocenters. The Morgan fingerprint density at radius 1 is 1.42 bits per heavy atom. The zero-order valence-electron chi connectivity index (χ0n) is 11.6. The van der Waals surface area contributed by atoms with Gasteiger partial charge in [-0.2, -0.15) is 4.31 Å². The highest BCUT2D eigenvalue weighted by Gasteiger charge is 2.34. The van der Waals surface area contributed by atoms with Gasteiger partial charge in [0.1, 0.15) is 4.90 Å². The number of hydrogen-bond donors (Lipinski definition) is 1. The van der Waals surface area contributed by atoms with Crippen molar-refractivity contribution in [1.29, 1.82) is 0 Å². The van der Waals surface area contributed by atoms with E-state index in [0.29, 0.717) is 11.4 Å². The Hall–Kier alpha value is -0.430. The Morgan fingerprint density at radius 2 is 2.05 bits per heavy atom. The van der Waals surface area contributed by atoms with Crippen molar-refractivity contribution in [2.45, 2.75) is 57.0 Å². The maximum Gasteiger partial charge on any atom is 0.244 e. The highest BCUT2D eigenvalue weighted by molar-refractivity contribution is 7.89. The smallest absolute Gasteiger partial charge is 0.244 e. The Morgan fingerprint density at radius 3 is 2.58 bits per heavy atom. The zero-order valence-corrected chi connectivity index (χ0v) is 13.2. The average Bonchev–Trinajstić information content (AvgIpc) is 2.99. The minimum Gasteiger partial charge on any atom is -0.326 e. The number of thiophene rings is 1. The van der Waals surface area contributed by atoms with Crippen LogP contribution in [0.3, 0.4) is 0 Å². The molecule has 1 heterocycles. The fourth-order valence-electron chi connectivity index (χ4n) is 2.91. The summed E-state index contributed by atoms with van der Waals surface area (Å²) in [5.41, 5.74) is 6.50. The van der Waals surface area contributed by atoms with Crippen molar-refractivity contribution >= 4 is 21.4 Å². The highest BCUT2D eigenvalue weighted by Crippen LogP contribution is 2.33. The van der Waals surface area contributed by atoms with E-state index >= 15 is 0 Å². The minimum absolute atomic E-state index is 0.167. The standard InChI is InChI=1S/C13H22N2O2S2/c1-3-15(11-6-4-5-7-11)19(16,17)13-10(2)9-18-12(13)8-14/h9,11H,3-8,14H2,1-2H3. The first-order valence-corrected chi connectivity index (χ1v) is 9.13. The summed E-state index contributed by atoms with van der Waals surface area (Å²) >= 11 is 1.44. The summed E-state index contributed by atoms with van der Waals surface area (Å²) in [6, 6.07) is 0.167. The molecule has 0 atom stereocenters. The first-order chi connectivity index (χ1) is 9.02. The van der Waals surface area contributed by atoms with Gasteiger partial charge in [0.05, 0.1) is 0 Å². The van der Waals surface area contributed by atoms with E-state index in [-0.39, 0.29) is 12.6 Å². The van der Waals surface area contributed by atoms with Crippen molar-refractivity contribution in [1.82, 2.24) is 4.31 Å². The summed E-state index contributed by atoms with van der Waals surface area (Å²) in [5.74, 6) is 0. The molecular weight excluding hydrogens is 280 g/mol. The van der Waals surface area contributed by atoms with E-state index in [2.05, 4.69) is 0 Å². The van der Waals surface area contributed by atoms with Gasteiger partial charge in [-0.05, 0) is 30.7 Å². The van der Waals surface area contributed by atoms with Gasteiger partial charge in [-0.25, -0.2) is 8.42 Å². The van der Waals surface area contributed by atoms with E-state index < -0.39 is 10.0 Å². The largest absolute Gasteiger partial charge is 0.326 e. The van der Waals surface area contributed by atoms with Gasteiger partial charge >= 0.3 is 0 Å². The first kappa shape index (κ1) is 15.0. The molecule has 1 aromatic heterocycles. The number of nitrogens with zero attached hydrogens (tertiary/aromatic N) is 1. The molecule has 0 bridgehead atoms. The second-order valence-corrected chi connectivity index (χ2v) is 7.81. The number of rotatable bonds is 5. The van der Waals surface area contributed by atoms with E-state index in [1.54, 1.807) is 4.31 Å². The predicted octanol–water partition coefficient (Wildman–Crippen LogP) is 2.47. The molecular formula is C13H22N2O2S2. The third-order valence-corrected chi connectivity index (χ3v) is 7.30. The predicted molar refractivity (Wildman–Crippen MR) is 78.8 cm³/mol. The molecule has 2 rings (SSSR count). The maximum atomic E-state index is 12.9. The molecule has 1 aromatic rings. The van der Waals surface area contributed by atoms with Crippen LogP contribution < -0.4 is 5.73 Å². The van der Waals surface area contributed by atoms with Gasteiger partial charge in [0.15, 0.2) is 0 Å². The summed E-state index contributed by atoms with van der Waals surface area (Å²) in [6.07, 6.45) is 4.22. The van der Waals surface area contributed by atoms with Crippen molar-refractivity contribution in [3.8, 4) is 0 Å². The second-order valence-electron chi connectivity index (χ2n) is 5.02. The molecule has 0 spiro atoms. The molecule has 108 valence electrons. The van der Waals surface area contributed by atoms with Gasteiger partial charge in [0.25, 0.3) is 0 Å². The van der Waals surface area contributed by atoms with E-state index in [1.165, 1.54) is 11.3 Å². The van der Waals surface area contributed by atoms with Crippen LogP contribution in [0.5, 0.6) is 0 Å². The van der Waals surface area contributed by atoms with Gasteiger partial charge < -0.3 is 5.73 Å². The molecule has 1 fully saturated rings. The number of aryl methyl sites for hydroxylation is 1. The SMILES string of the molecule is CCN(C1CCCC1)S(=O)(=O)c1c(C)csc1CN. The van der Waals surface area contributed by atoms with Crippen LogP contribution in [-0.2, 0) is 16.6 Å². The van der Waals surface area contributed by atoms with Crippen molar-refractivity contribution in [2.24, 2.45) is 5.73 Å². The Kier molecular flexibility index (Phi) is 4.66. The quantitative estimate of drug-likeness (QED) is 0.909. The van der Waals surface area contributed by atoms with Crippen molar-refractivity contribution in [2.75, 3.05) is 6.54 Å². The van der Waals surface area contributed by atoms with E-state index in [9.17, 15) is 8.42 Å². The van der Waals surface area contributed by atoms with Gasteiger partial charge in [-0.15, -0.1) is 11.3 Å². The van der Waals surface area contributed by atoms with Crippen LogP contribution in [0.2, 0.25) is 0 Å². The molecule has 19 heavy (non-hydrogen) atoms.